The van der Waals surface area contributed by atoms with Crippen LogP contribution in [0.5, 0.6) is 0 Å². The van der Waals surface area contributed by atoms with Crippen molar-refractivity contribution >= 4 is 9.84 Å². The first-order valence-corrected chi connectivity index (χ1v) is 5.34. The van der Waals surface area contributed by atoms with Crippen molar-refractivity contribution in [2.75, 3.05) is 0 Å². The molecule has 3 nitrogen and oxygen atoms in total. The highest BCUT2D eigenvalue weighted by atomic mass is 32.2. The van der Waals surface area contributed by atoms with E-state index >= 15 is 0 Å². The van der Waals surface area contributed by atoms with Gasteiger partial charge < -0.3 is 5.73 Å². The second-order valence-electron chi connectivity index (χ2n) is 2.65. The van der Waals surface area contributed by atoms with E-state index in [9.17, 15) is 17.2 Å². The van der Waals surface area contributed by atoms with Gasteiger partial charge in [0.2, 0.25) is 9.84 Å². The van der Waals surface area contributed by atoms with Crippen molar-refractivity contribution in [2.45, 2.75) is 17.2 Å². The van der Waals surface area contributed by atoms with Crippen LogP contribution in [0.25, 0.3) is 0 Å². The van der Waals surface area contributed by atoms with Crippen LogP contribution in [0.15, 0.2) is 29.2 Å². The Labute approximate surface area is 80.5 Å². The maximum Gasteiger partial charge on any atom is 0.341 e. The fraction of sp³-hybridized carbons (Fsp3) is 0.250. The van der Waals surface area contributed by atoms with E-state index in [4.69, 9.17) is 5.73 Å². The monoisotopic (exact) mass is 221 g/mol. The zero-order chi connectivity index (χ0) is 10.8. The van der Waals surface area contributed by atoms with Crippen LogP contribution in [0.2, 0.25) is 0 Å². The average molecular weight is 221 g/mol. The molecule has 2 N–H and O–H groups in total. The zero-order valence-corrected chi connectivity index (χ0v) is 7.97. The Morgan fingerprint density at radius 2 is 1.71 bits per heavy atom. The molecule has 0 spiro atoms. The van der Waals surface area contributed by atoms with E-state index in [2.05, 4.69) is 0 Å². The lowest BCUT2D eigenvalue weighted by molar-refractivity contribution is 0.234. The Morgan fingerprint density at radius 3 is 2.07 bits per heavy atom. The smallest absolute Gasteiger partial charge is 0.326 e. The Kier molecular flexibility index (Phi) is 3.17. The lowest BCUT2D eigenvalue weighted by atomic mass is 10.2. The van der Waals surface area contributed by atoms with Gasteiger partial charge in [-0.05, 0) is 17.7 Å². The second kappa shape index (κ2) is 4.02. The van der Waals surface area contributed by atoms with Gasteiger partial charge in [0.25, 0.3) is 0 Å². The van der Waals surface area contributed by atoms with Gasteiger partial charge in [-0.15, -0.1) is 0 Å². The summed E-state index contributed by atoms with van der Waals surface area (Å²) in [6, 6.07) is 5.08. The predicted octanol–water partition coefficient (Wildman–Crippen LogP) is 1.14. The highest BCUT2D eigenvalue weighted by molar-refractivity contribution is 7.91. The van der Waals surface area contributed by atoms with Crippen molar-refractivity contribution in [3.63, 3.8) is 0 Å². The molecule has 0 radical (unpaired) electrons. The van der Waals surface area contributed by atoms with Gasteiger partial charge in [0.15, 0.2) is 0 Å². The van der Waals surface area contributed by atoms with E-state index in [1.807, 2.05) is 0 Å². The predicted molar refractivity (Wildman–Crippen MR) is 47.5 cm³/mol. The molecule has 0 bridgehead atoms. The third-order valence-electron chi connectivity index (χ3n) is 1.72. The fourth-order valence-electron chi connectivity index (χ4n) is 0.918. The number of sulfone groups is 1. The van der Waals surface area contributed by atoms with Crippen molar-refractivity contribution in [2.24, 2.45) is 5.73 Å². The van der Waals surface area contributed by atoms with Crippen LogP contribution in [-0.4, -0.2) is 14.2 Å². The molecule has 0 atom stereocenters. The van der Waals surface area contributed by atoms with E-state index in [1.54, 1.807) is 0 Å². The molecule has 1 aromatic rings. The van der Waals surface area contributed by atoms with Crippen molar-refractivity contribution < 1.29 is 17.2 Å². The molecule has 0 fully saturated rings. The Bertz CT molecular complexity index is 400. The SMILES string of the molecule is NCc1ccc(S(=O)(=O)C(F)F)cc1. The summed E-state index contributed by atoms with van der Waals surface area (Å²) < 4.78 is 46.0. The van der Waals surface area contributed by atoms with E-state index in [1.165, 1.54) is 12.1 Å². The van der Waals surface area contributed by atoms with Gasteiger partial charge in [-0.3, -0.25) is 0 Å². The summed E-state index contributed by atoms with van der Waals surface area (Å²) >= 11 is 0. The summed E-state index contributed by atoms with van der Waals surface area (Å²) in [4.78, 5) is -0.385. The Balaban J connectivity index is 3.10. The van der Waals surface area contributed by atoms with Gasteiger partial charge in [0.1, 0.15) is 0 Å². The molecule has 1 aromatic carbocycles. The normalized spacial score (nSPS) is 12.0. The second-order valence-corrected chi connectivity index (χ2v) is 4.57. The molecule has 0 aromatic heterocycles. The molecule has 14 heavy (non-hydrogen) atoms. The molecule has 0 saturated heterocycles. The van der Waals surface area contributed by atoms with Gasteiger partial charge in [0, 0.05) is 6.54 Å². The maximum absolute atomic E-state index is 12.1. The molecule has 78 valence electrons. The van der Waals surface area contributed by atoms with Crippen molar-refractivity contribution in [3.8, 4) is 0 Å². The molecular weight excluding hydrogens is 212 g/mol. The molecule has 1 rings (SSSR count). The van der Waals surface area contributed by atoms with Crippen LogP contribution in [0.4, 0.5) is 8.78 Å². The highest BCUT2D eigenvalue weighted by Gasteiger charge is 2.25. The summed E-state index contributed by atoms with van der Waals surface area (Å²) in [5, 5.41) is 0. The number of hydrogen-bond donors (Lipinski definition) is 1. The van der Waals surface area contributed by atoms with Gasteiger partial charge >= 0.3 is 5.76 Å². The lowest BCUT2D eigenvalue weighted by Crippen LogP contribution is -2.11. The largest absolute Gasteiger partial charge is 0.341 e. The number of hydrogen-bond acceptors (Lipinski definition) is 3. The van der Waals surface area contributed by atoms with Crippen LogP contribution >= 0.6 is 0 Å². The van der Waals surface area contributed by atoms with E-state index in [0.29, 0.717) is 5.56 Å². The summed E-state index contributed by atoms with van der Waals surface area (Å²) in [7, 11) is -4.48. The number of benzene rings is 1. The first kappa shape index (κ1) is 11.1. The van der Waals surface area contributed by atoms with Gasteiger partial charge in [-0.2, -0.15) is 8.78 Å². The molecule has 0 amide bonds. The quantitative estimate of drug-likeness (QED) is 0.832. The summed E-state index contributed by atoms with van der Waals surface area (Å²) in [6.45, 7) is 0.245. The van der Waals surface area contributed by atoms with Gasteiger partial charge in [-0.1, -0.05) is 12.1 Å². The molecule has 0 aliphatic heterocycles. The number of halogens is 2. The first-order valence-electron chi connectivity index (χ1n) is 3.79. The van der Waals surface area contributed by atoms with Crippen LogP contribution in [0.3, 0.4) is 0 Å². The third kappa shape index (κ3) is 2.08. The fourth-order valence-corrected chi connectivity index (χ4v) is 1.64. The van der Waals surface area contributed by atoms with E-state index in [-0.39, 0.29) is 11.4 Å². The summed E-state index contributed by atoms with van der Waals surface area (Å²) in [5.41, 5.74) is 5.96. The molecule has 0 aliphatic rings. The van der Waals surface area contributed by atoms with Crippen LogP contribution in [0, 0.1) is 0 Å². The molecule has 0 heterocycles. The third-order valence-corrected chi connectivity index (χ3v) is 3.12. The van der Waals surface area contributed by atoms with Crippen LogP contribution < -0.4 is 5.73 Å². The molecule has 0 aliphatic carbocycles. The van der Waals surface area contributed by atoms with Crippen molar-refractivity contribution in [3.05, 3.63) is 29.8 Å². The first-order chi connectivity index (χ1) is 6.48. The molecular formula is C8H9F2NO2S. The van der Waals surface area contributed by atoms with Crippen LogP contribution in [-0.2, 0) is 16.4 Å². The zero-order valence-electron chi connectivity index (χ0n) is 7.15. The Hall–Kier alpha value is -1.01. The molecule has 6 heteroatoms. The number of rotatable bonds is 3. The standard InChI is InChI=1S/C8H9F2NO2S/c9-8(10)14(12,13)7-3-1-6(5-11)2-4-7/h1-4,8H,5,11H2. The van der Waals surface area contributed by atoms with Crippen molar-refractivity contribution in [1.82, 2.24) is 0 Å². The molecule has 0 unspecified atom stereocenters. The minimum absolute atomic E-state index is 0.245. The minimum atomic E-state index is -4.48. The Morgan fingerprint density at radius 1 is 1.21 bits per heavy atom. The van der Waals surface area contributed by atoms with E-state index in [0.717, 1.165) is 12.1 Å². The molecule has 0 saturated carbocycles. The van der Waals surface area contributed by atoms with Crippen LogP contribution in [0.1, 0.15) is 5.56 Å². The average Bonchev–Trinajstić information content (AvgIpc) is 2.17. The highest BCUT2D eigenvalue weighted by Crippen LogP contribution is 2.18. The number of alkyl halides is 2. The van der Waals surface area contributed by atoms with Gasteiger partial charge in [0.05, 0.1) is 4.90 Å². The van der Waals surface area contributed by atoms with Crippen molar-refractivity contribution in [1.29, 1.82) is 0 Å². The topological polar surface area (TPSA) is 60.2 Å². The number of nitrogens with two attached hydrogens (primary N) is 1. The maximum atomic E-state index is 12.1. The lowest BCUT2D eigenvalue weighted by Gasteiger charge is -2.03. The van der Waals surface area contributed by atoms with Gasteiger partial charge in [-0.25, -0.2) is 8.42 Å². The summed E-state index contributed by atoms with van der Waals surface area (Å²) in [6.07, 6.45) is 0. The minimum Gasteiger partial charge on any atom is -0.326 e. The van der Waals surface area contributed by atoms with E-state index < -0.39 is 15.6 Å². The summed E-state index contributed by atoms with van der Waals surface area (Å²) in [5.74, 6) is -3.38.